The van der Waals surface area contributed by atoms with Crippen LogP contribution in [0.15, 0.2) is 47.4 Å². The Morgan fingerprint density at radius 3 is 2.53 bits per heavy atom. The molecule has 0 spiro atoms. The van der Waals surface area contributed by atoms with E-state index in [4.69, 9.17) is 0 Å². The molecule has 0 fully saturated rings. The molecule has 3 heteroatoms. The molecule has 73 valence electrons. The van der Waals surface area contributed by atoms with Crippen molar-refractivity contribution in [1.82, 2.24) is 4.57 Å². The van der Waals surface area contributed by atoms with Crippen molar-refractivity contribution in [3.05, 3.63) is 64.6 Å². The predicted octanol–water partition coefficient (Wildman–Crippen LogP) is 1.94. The first-order valence-corrected chi connectivity index (χ1v) is 4.44. The molecule has 0 saturated heterocycles. The normalized spacial score (nSPS) is 9.40. The minimum atomic E-state index is -0.0151. The van der Waals surface area contributed by atoms with Crippen LogP contribution in [-0.2, 0) is 32.7 Å². The van der Waals surface area contributed by atoms with Crippen molar-refractivity contribution in [2.24, 2.45) is 0 Å². The van der Waals surface area contributed by atoms with Crippen LogP contribution in [0.1, 0.15) is 5.56 Å². The van der Waals surface area contributed by atoms with Crippen molar-refractivity contribution >= 4 is 0 Å². The topological polar surface area (TPSA) is 22.0 Å². The molecule has 0 bridgehead atoms. The van der Waals surface area contributed by atoms with Gasteiger partial charge in [0.05, 0.1) is 0 Å². The molecule has 0 N–H and O–H groups in total. The fourth-order valence-electron chi connectivity index (χ4n) is 1.34. The van der Waals surface area contributed by atoms with Crippen molar-refractivity contribution in [2.75, 3.05) is 0 Å². The number of hydrogen-bond acceptors (Lipinski definition) is 1. The molecular formula is C12H10NOY-. The smallest absolute Gasteiger partial charge is 0.143 e. The molecule has 2 rings (SSSR count). The Balaban J connectivity index is 0.00000112. The van der Waals surface area contributed by atoms with E-state index in [0.29, 0.717) is 5.56 Å². The third-order valence-corrected chi connectivity index (χ3v) is 2.10. The zero-order valence-electron chi connectivity index (χ0n) is 8.47. The van der Waals surface area contributed by atoms with Crippen LogP contribution in [0.25, 0.3) is 5.69 Å². The molecule has 2 nitrogen and oxygen atoms in total. The van der Waals surface area contributed by atoms with Crippen LogP contribution in [0, 0.1) is 13.0 Å². The first kappa shape index (κ1) is 12.3. The maximum Gasteiger partial charge on any atom is 0.143 e. The molecule has 0 saturated carbocycles. The standard InChI is InChI=1S/C12H10NO.Y/c1-10-6-5-9-13(12(10)14)11-7-3-2-4-8-11;/h2-5,7-9H,1H3;/q-1;. The van der Waals surface area contributed by atoms with Crippen molar-refractivity contribution in [3.8, 4) is 5.69 Å². The average molecular weight is 273 g/mol. The van der Waals surface area contributed by atoms with Gasteiger partial charge in [-0.05, 0) is 12.1 Å². The monoisotopic (exact) mass is 273 g/mol. The third kappa shape index (κ3) is 2.64. The summed E-state index contributed by atoms with van der Waals surface area (Å²) in [5.41, 5.74) is 1.50. The molecular weight excluding hydrogens is 263 g/mol. The van der Waals surface area contributed by atoms with Gasteiger partial charge in [-0.25, -0.2) is 0 Å². The molecule has 1 aromatic carbocycles. The molecule has 15 heavy (non-hydrogen) atoms. The Morgan fingerprint density at radius 1 is 1.20 bits per heavy atom. The Labute approximate surface area is 114 Å². The first-order valence-electron chi connectivity index (χ1n) is 4.44. The summed E-state index contributed by atoms with van der Waals surface area (Å²) in [4.78, 5) is 11.7. The Morgan fingerprint density at radius 2 is 1.87 bits per heavy atom. The molecule has 0 amide bonds. The fourth-order valence-corrected chi connectivity index (χ4v) is 1.34. The first-order chi connectivity index (χ1) is 6.79. The Bertz CT molecular complexity index is 490. The van der Waals surface area contributed by atoms with E-state index in [2.05, 4.69) is 6.07 Å². The Hall–Kier alpha value is -0.726. The summed E-state index contributed by atoms with van der Waals surface area (Å²) in [5, 5.41) is 0. The van der Waals surface area contributed by atoms with Gasteiger partial charge < -0.3 is 9.36 Å². The van der Waals surface area contributed by atoms with Gasteiger partial charge in [0.1, 0.15) is 5.56 Å². The SMILES string of the molecule is Cc1[c-]ccn(-c2ccccc2)c1=O.[Y]. The van der Waals surface area contributed by atoms with Crippen molar-refractivity contribution < 1.29 is 32.7 Å². The van der Waals surface area contributed by atoms with Gasteiger partial charge in [-0.2, -0.15) is 12.1 Å². The van der Waals surface area contributed by atoms with Gasteiger partial charge in [0.25, 0.3) is 0 Å². The number of benzene rings is 1. The summed E-state index contributed by atoms with van der Waals surface area (Å²) < 4.78 is 1.62. The van der Waals surface area contributed by atoms with Crippen molar-refractivity contribution in [2.45, 2.75) is 6.92 Å². The second-order valence-corrected chi connectivity index (χ2v) is 3.10. The van der Waals surface area contributed by atoms with Crippen LogP contribution in [0.5, 0.6) is 0 Å². The molecule has 0 aliphatic heterocycles. The molecule has 1 heterocycles. The summed E-state index contributed by atoms with van der Waals surface area (Å²) in [6, 6.07) is 14.2. The molecule has 2 aromatic rings. The zero-order valence-corrected chi connectivity index (χ0v) is 11.3. The minimum absolute atomic E-state index is 0. The van der Waals surface area contributed by atoms with E-state index in [9.17, 15) is 4.79 Å². The molecule has 1 aromatic heterocycles. The zero-order chi connectivity index (χ0) is 9.97. The van der Waals surface area contributed by atoms with Crippen LogP contribution >= 0.6 is 0 Å². The number of para-hydroxylation sites is 1. The third-order valence-electron chi connectivity index (χ3n) is 2.10. The molecule has 0 atom stereocenters. The van der Waals surface area contributed by atoms with Gasteiger partial charge in [-0.15, -0.1) is 5.56 Å². The number of nitrogens with zero attached hydrogens (tertiary/aromatic N) is 1. The maximum atomic E-state index is 11.7. The van der Waals surface area contributed by atoms with E-state index < -0.39 is 0 Å². The largest absolute Gasteiger partial charge is 0.392 e. The Kier molecular flexibility index (Phi) is 4.43. The average Bonchev–Trinajstić information content (AvgIpc) is 2.23. The summed E-state index contributed by atoms with van der Waals surface area (Å²) in [5.74, 6) is 0. The molecule has 0 aliphatic rings. The number of pyridine rings is 1. The number of aryl methyl sites for hydroxylation is 1. The summed E-state index contributed by atoms with van der Waals surface area (Å²) in [6.45, 7) is 1.77. The van der Waals surface area contributed by atoms with E-state index >= 15 is 0 Å². The van der Waals surface area contributed by atoms with E-state index in [1.807, 2.05) is 30.3 Å². The minimum Gasteiger partial charge on any atom is -0.392 e. The van der Waals surface area contributed by atoms with Crippen LogP contribution < -0.4 is 5.56 Å². The van der Waals surface area contributed by atoms with Crippen LogP contribution in [0.4, 0.5) is 0 Å². The molecule has 0 aliphatic carbocycles. The summed E-state index contributed by atoms with van der Waals surface area (Å²) >= 11 is 0. The van der Waals surface area contributed by atoms with Gasteiger partial charge in [-0.1, -0.05) is 31.3 Å². The maximum absolute atomic E-state index is 11.7. The quantitative estimate of drug-likeness (QED) is 0.728. The van der Waals surface area contributed by atoms with Crippen LogP contribution in [0.3, 0.4) is 0 Å². The number of aromatic nitrogens is 1. The van der Waals surface area contributed by atoms with Crippen LogP contribution in [-0.4, -0.2) is 4.57 Å². The van der Waals surface area contributed by atoms with E-state index in [1.54, 1.807) is 23.8 Å². The van der Waals surface area contributed by atoms with Crippen molar-refractivity contribution in [1.29, 1.82) is 0 Å². The van der Waals surface area contributed by atoms with Crippen LogP contribution in [0.2, 0.25) is 0 Å². The van der Waals surface area contributed by atoms with E-state index in [1.165, 1.54) is 0 Å². The van der Waals surface area contributed by atoms with E-state index in [0.717, 1.165) is 5.69 Å². The van der Waals surface area contributed by atoms with Gasteiger partial charge in [0, 0.05) is 38.4 Å². The summed E-state index contributed by atoms with van der Waals surface area (Å²) in [7, 11) is 0. The second-order valence-electron chi connectivity index (χ2n) is 3.10. The molecule has 1 radical (unpaired) electrons. The molecule has 0 unspecified atom stereocenters. The van der Waals surface area contributed by atoms with E-state index in [-0.39, 0.29) is 38.3 Å². The fraction of sp³-hybridized carbons (Fsp3) is 0.0833. The van der Waals surface area contributed by atoms with Gasteiger partial charge in [0.2, 0.25) is 0 Å². The van der Waals surface area contributed by atoms with Gasteiger partial charge in [0.15, 0.2) is 0 Å². The van der Waals surface area contributed by atoms with Crippen molar-refractivity contribution in [3.63, 3.8) is 0 Å². The predicted molar refractivity (Wildman–Crippen MR) is 55.6 cm³/mol. The van der Waals surface area contributed by atoms with Gasteiger partial charge in [-0.3, -0.25) is 0 Å². The second kappa shape index (κ2) is 5.38. The number of rotatable bonds is 1. The summed E-state index contributed by atoms with van der Waals surface area (Å²) in [6.07, 6.45) is 1.73. The number of hydrogen-bond donors (Lipinski definition) is 0. The van der Waals surface area contributed by atoms with Gasteiger partial charge >= 0.3 is 0 Å².